The molecule has 34 heavy (non-hydrogen) atoms. The highest BCUT2D eigenvalue weighted by Gasteiger charge is 2.27. The molecule has 1 atom stereocenters. The standard InChI is InChI=1S/C25H26Cl2N2O4S/c1-17-4-11-22(12-5-17)34(31,32)29(15-19-6-13-23(26)24(27)14-19)16-25(30)28-18(2)20-7-9-21(33-3)10-8-20/h4-14,18H,15-16H2,1-3H3,(H,28,30)/t18-/m0/s1. The fourth-order valence-electron chi connectivity index (χ4n) is 3.35. The summed E-state index contributed by atoms with van der Waals surface area (Å²) >= 11 is 12.1. The van der Waals surface area contributed by atoms with Crippen molar-refractivity contribution in [2.24, 2.45) is 0 Å². The summed E-state index contributed by atoms with van der Waals surface area (Å²) in [6.07, 6.45) is 0. The third-order valence-electron chi connectivity index (χ3n) is 5.31. The van der Waals surface area contributed by atoms with Crippen molar-refractivity contribution >= 4 is 39.1 Å². The van der Waals surface area contributed by atoms with Crippen LogP contribution in [0.15, 0.2) is 71.6 Å². The molecule has 0 spiro atoms. The fourth-order valence-corrected chi connectivity index (χ4v) is 5.06. The van der Waals surface area contributed by atoms with E-state index in [1.54, 1.807) is 49.6 Å². The lowest BCUT2D eigenvalue weighted by Crippen LogP contribution is -2.41. The van der Waals surface area contributed by atoms with E-state index in [0.29, 0.717) is 21.4 Å². The maximum absolute atomic E-state index is 13.4. The van der Waals surface area contributed by atoms with Gasteiger partial charge in [0.05, 0.1) is 34.6 Å². The zero-order valence-corrected chi connectivity index (χ0v) is 21.4. The molecule has 0 radical (unpaired) electrons. The summed E-state index contributed by atoms with van der Waals surface area (Å²) < 4.78 is 33.2. The molecule has 9 heteroatoms. The summed E-state index contributed by atoms with van der Waals surface area (Å²) in [6.45, 7) is 3.30. The van der Waals surface area contributed by atoms with E-state index in [2.05, 4.69) is 5.32 Å². The van der Waals surface area contributed by atoms with Crippen LogP contribution in [0.4, 0.5) is 0 Å². The van der Waals surface area contributed by atoms with Crippen molar-refractivity contribution in [2.75, 3.05) is 13.7 Å². The van der Waals surface area contributed by atoms with Gasteiger partial charge >= 0.3 is 0 Å². The van der Waals surface area contributed by atoms with Gasteiger partial charge in [-0.05, 0) is 61.4 Å². The second kappa shape index (κ2) is 11.2. The van der Waals surface area contributed by atoms with Crippen LogP contribution in [0.3, 0.4) is 0 Å². The summed E-state index contributed by atoms with van der Waals surface area (Å²) in [5, 5.41) is 3.54. The lowest BCUT2D eigenvalue weighted by molar-refractivity contribution is -0.122. The molecule has 0 saturated heterocycles. The highest BCUT2D eigenvalue weighted by molar-refractivity contribution is 7.89. The van der Waals surface area contributed by atoms with Crippen LogP contribution in [0.5, 0.6) is 5.75 Å². The van der Waals surface area contributed by atoms with Crippen LogP contribution in [-0.2, 0) is 21.4 Å². The van der Waals surface area contributed by atoms with E-state index in [1.807, 2.05) is 26.0 Å². The van der Waals surface area contributed by atoms with Crippen molar-refractivity contribution in [2.45, 2.75) is 31.3 Å². The smallest absolute Gasteiger partial charge is 0.243 e. The number of ether oxygens (including phenoxy) is 1. The molecule has 0 aliphatic heterocycles. The van der Waals surface area contributed by atoms with E-state index in [-0.39, 0.29) is 24.0 Å². The van der Waals surface area contributed by atoms with Gasteiger partial charge in [-0.3, -0.25) is 4.79 Å². The molecule has 1 amide bonds. The SMILES string of the molecule is COc1ccc([C@H](C)NC(=O)CN(Cc2ccc(Cl)c(Cl)c2)S(=O)(=O)c2ccc(C)cc2)cc1. The van der Waals surface area contributed by atoms with Gasteiger partial charge in [0.1, 0.15) is 5.75 Å². The molecule has 180 valence electrons. The normalized spacial score (nSPS) is 12.4. The fraction of sp³-hybridized carbons (Fsp3) is 0.240. The number of nitrogens with zero attached hydrogens (tertiary/aromatic N) is 1. The number of rotatable bonds is 9. The van der Waals surface area contributed by atoms with Crippen molar-refractivity contribution in [1.29, 1.82) is 0 Å². The van der Waals surface area contributed by atoms with Crippen LogP contribution in [0.1, 0.15) is 29.7 Å². The molecule has 0 fully saturated rings. The molecule has 0 aromatic heterocycles. The van der Waals surface area contributed by atoms with Crippen molar-refractivity contribution < 1.29 is 17.9 Å². The lowest BCUT2D eigenvalue weighted by Gasteiger charge is -2.23. The summed E-state index contributed by atoms with van der Waals surface area (Å²) in [4.78, 5) is 13.0. The summed E-state index contributed by atoms with van der Waals surface area (Å²) in [6, 6.07) is 18.4. The lowest BCUT2D eigenvalue weighted by atomic mass is 10.1. The van der Waals surface area contributed by atoms with Gasteiger partial charge in [0, 0.05) is 6.54 Å². The van der Waals surface area contributed by atoms with Gasteiger partial charge in [0.2, 0.25) is 15.9 Å². The Morgan fingerprint density at radius 3 is 2.24 bits per heavy atom. The average Bonchev–Trinajstić information content (AvgIpc) is 2.81. The van der Waals surface area contributed by atoms with Crippen LogP contribution in [0.2, 0.25) is 10.0 Å². The highest BCUT2D eigenvalue weighted by atomic mass is 35.5. The first kappa shape index (κ1) is 26.0. The Kier molecular flexibility index (Phi) is 8.60. The van der Waals surface area contributed by atoms with E-state index in [4.69, 9.17) is 27.9 Å². The largest absolute Gasteiger partial charge is 0.497 e. The predicted octanol–water partition coefficient (Wildman–Crippen LogP) is 5.38. The molecule has 3 aromatic rings. The van der Waals surface area contributed by atoms with Gasteiger partial charge in [0.25, 0.3) is 0 Å². The molecule has 1 N–H and O–H groups in total. The summed E-state index contributed by atoms with van der Waals surface area (Å²) in [5.41, 5.74) is 2.41. The number of nitrogens with one attached hydrogen (secondary N) is 1. The number of amides is 1. The first-order valence-electron chi connectivity index (χ1n) is 10.5. The van der Waals surface area contributed by atoms with Gasteiger partial charge in [-0.1, -0.05) is 59.1 Å². The summed E-state index contributed by atoms with van der Waals surface area (Å²) in [5.74, 6) is 0.276. The van der Waals surface area contributed by atoms with Crippen LogP contribution in [0.25, 0.3) is 0 Å². The molecule has 3 rings (SSSR count). The number of carbonyl (C=O) groups excluding carboxylic acids is 1. The number of hydrogen-bond donors (Lipinski definition) is 1. The van der Waals surface area contributed by atoms with E-state index in [1.165, 1.54) is 12.1 Å². The molecule has 6 nitrogen and oxygen atoms in total. The third-order valence-corrected chi connectivity index (χ3v) is 7.86. The number of carbonyl (C=O) groups is 1. The van der Waals surface area contributed by atoms with Crippen LogP contribution >= 0.6 is 23.2 Å². The highest BCUT2D eigenvalue weighted by Crippen LogP contribution is 2.25. The molecule has 0 saturated carbocycles. The topological polar surface area (TPSA) is 75.7 Å². The minimum Gasteiger partial charge on any atom is -0.497 e. The number of hydrogen-bond acceptors (Lipinski definition) is 4. The zero-order valence-electron chi connectivity index (χ0n) is 19.1. The van der Waals surface area contributed by atoms with Crippen LogP contribution in [-0.4, -0.2) is 32.3 Å². The molecule has 0 unspecified atom stereocenters. The first-order chi connectivity index (χ1) is 16.1. The monoisotopic (exact) mass is 520 g/mol. The van der Waals surface area contributed by atoms with Crippen molar-refractivity contribution in [1.82, 2.24) is 9.62 Å². The number of aryl methyl sites for hydroxylation is 1. The maximum atomic E-state index is 13.4. The molecule has 0 heterocycles. The molecule has 0 aliphatic rings. The Bertz CT molecular complexity index is 1250. The zero-order chi connectivity index (χ0) is 24.9. The Labute approximate surface area is 210 Å². The Balaban J connectivity index is 1.83. The van der Waals surface area contributed by atoms with E-state index < -0.39 is 15.9 Å². The van der Waals surface area contributed by atoms with Gasteiger partial charge in [-0.15, -0.1) is 0 Å². The van der Waals surface area contributed by atoms with Gasteiger partial charge < -0.3 is 10.1 Å². The molecule has 0 bridgehead atoms. The minimum absolute atomic E-state index is 0.0442. The van der Waals surface area contributed by atoms with Crippen molar-refractivity contribution in [3.63, 3.8) is 0 Å². The minimum atomic E-state index is -3.96. The first-order valence-corrected chi connectivity index (χ1v) is 12.7. The average molecular weight is 521 g/mol. The Morgan fingerprint density at radius 2 is 1.65 bits per heavy atom. The van der Waals surface area contributed by atoms with E-state index in [0.717, 1.165) is 15.4 Å². The van der Waals surface area contributed by atoms with Crippen molar-refractivity contribution in [3.8, 4) is 5.75 Å². The molecule has 3 aromatic carbocycles. The molecule has 0 aliphatic carbocycles. The number of sulfonamides is 1. The van der Waals surface area contributed by atoms with E-state index in [9.17, 15) is 13.2 Å². The van der Waals surface area contributed by atoms with E-state index >= 15 is 0 Å². The van der Waals surface area contributed by atoms with Gasteiger partial charge in [0.15, 0.2) is 0 Å². The number of methoxy groups -OCH3 is 1. The summed E-state index contributed by atoms with van der Waals surface area (Å²) in [7, 11) is -2.38. The Morgan fingerprint density at radius 1 is 1.00 bits per heavy atom. The van der Waals surface area contributed by atoms with Crippen LogP contribution in [0, 0.1) is 6.92 Å². The predicted molar refractivity (Wildman–Crippen MR) is 135 cm³/mol. The second-order valence-corrected chi connectivity index (χ2v) is 10.6. The molecular weight excluding hydrogens is 495 g/mol. The Hall–Kier alpha value is -2.58. The quantitative estimate of drug-likeness (QED) is 0.411. The second-order valence-electron chi connectivity index (χ2n) is 7.90. The van der Waals surface area contributed by atoms with Gasteiger partial charge in [-0.2, -0.15) is 4.31 Å². The van der Waals surface area contributed by atoms with Crippen LogP contribution < -0.4 is 10.1 Å². The number of benzene rings is 3. The third kappa shape index (κ3) is 6.51. The van der Waals surface area contributed by atoms with Gasteiger partial charge in [-0.25, -0.2) is 8.42 Å². The number of halogens is 2. The molecular formula is C25H26Cl2N2O4S. The maximum Gasteiger partial charge on any atom is 0.243 e. The van der Waals surface area contributed by atoms with Crippen molar-refractivity contribution in [3.05, 3.63) is 93.5 Å².